The fourth-order valence-electron chi connectivity index (χ4n) is 3.05. The molecule has 0 amide bonds. The van der Waals surface area contributed by atoms with E-state index >= 15 is 0 Å². The molecule has 3 rings (SSSR count). The van der Waals surface area contributed by atoms with Crippen molar-refractivity contribution in [2.24, 2.45) is 0 Å². The van der Waals surface area contributed by atoms with E-state index in [-0.39, 0.29) is 5.60 Å². The molecular weight excluding hydrogens is 290 g/mol. The van der Waals surface area contributed by atoms with Crippen molar-refractivity contribution in [3.63, 3.8) is 0 Å². The van der Waals surface area contributed by atoms with Gasteiger partial charge in [0, 0.05) is 22.8 Å². The lowest BCUT2D eigenvalue weighted by Gasteiger charge is -2.47. The zero-order valence-electron chi connectivity index (χ0n) is 10.8. The smallest absolute Gasteiger partial charge is 0.0702 e. The molecule has 1 N–H and O–H groups in total. The fraction of sp³-hybridized carbons (Fsp3) is 0.600. The fourth-order valence-corrected chi connectivity index (χ4v) is 3.42. The molecule has 3 heteroatoms. The molecule has 1 aromatic carbocycles. The Bertz CT molecular complexity index is 442. The second-order valence-electron chi connectivity index (χ2n) is 5.63. The molecule has 2 fully saturated rings. The van der Waals surface area contributed by atoms with Gasteiger partial charge in [0.05, 0.1) is 5.60 Å². The van der Waals surface area contributed by atoms with Gasteiger partial charge in [0.15, 0.2) is 0 Å². The van der Waals surface area contributed by atoms with Crippen LogP contribution in [0.3, 0.4) is 0 Å². The number of hydrogen-bond donors (Lipinski definition) is 1. The minimum absolute atomic E-state index is 0.218. The summed E-state index contributed by atoms with van der Waals surface area (Å²) in [4.78, 5) is 0. The maximum atomic E-state index is 5.97. The lowest BCUT2D eigenvalue weighted by atomic mass is 9.74. The van der Waals surface area contributed by atoms with Gasteiger partial charge < -0.3 is 10.1 Å². The quantitative estimate of drug-likeness (QED) is 0.881. The molecule has 0 aromatic heterocycles. The number of rotatable bonds is 2. The van der Waals surface area contributed by atoms with Gasteiger partial charge in [0.1, 0.15) is 0 Å². The molecular formula is C15H20BrNO. The van der Waals surface area contributed by atoms with Gasteiger partial charge in [0.2, 0.25) is 0 Å². The molecule has 0 radical (unpaired) electrons. The first-order valence-electron chi connectivity index (χ1n) is 6.84. The van der Waals surface area contributed by atoms with Crippen molar-refractivity contribution >= 4 is 21.6 Å². The van der Waals surface area contributed by atoms with Gasteiger partial charge in [-0.3, -0.25) is 0 Å². The van der Waals surface area contributed by atoms with E-state index in [1.165, 1.54) is 41.4 Å². The summed E-state index contributed by atoms with van der Waals surface area (Å²) in [5, 5.41) is 3.70. The normalized spacial score (nSPS) is 25.8. The highest BCUT2D eigenvalue weighted by molar-refractivity contribution is 9.10. The van der Waals surface area contributed by atoms with Gasteiger partial charge in [0.25, 0.3) is 0 Å². The molecule has 1 heterocycles. The van der Waals surface area contributed by atoms with Gasteiger partial charge in [-0.15, -0.1) is 0 Å². The average Bonchev–Trinajstić information content (AvgIpc) is 2.34. The van der Waals surface area contributed by atoms with Gasteiger partial charge in [-0.05, 0) is 56.7 Å². The lowest BCUT2D eigenvalue weighted by Crippen LogP contribution is -2.49. The molecule has 18 heavy (non-hydrogen) atoms. The van der Waals surface area contributed by atoms with Crippen LogP contribution >= 0.6 is 15.9 Å². The van der Waals surface area contributed by atoms with Gasteiger partial charge in [-0.1, -0.05) is 22.0 Å². The highest BCUT2D eigenvalue weighted by Gasteiger charge is 2.42. The molecule has 2 nitrogen and oxygen atoms in total. The van der Waals surface area contributed by atoms with Crippen molar-refractivity contribution < 1.29 is 4.74 Å². The van der Waals surface area contributed by atoms with Crippen LogP contribution in [0.25, 0.3) is 0 Å². The molecule has 98 valence electrons. The van der Waals surface area contributed by atoms with E-state index in [1.54, 1.807) is 0 Å². The van der Waals surface area contributed by atoms with Crippen molar-refractivity contribution in [3.05, 3.63) is 28.2 Å². The minimum atomic E-state index is 0.218. The van der Waals surface area contributed by atoms with E-state index in [0.29, 0.717) is 6.04 Å². The first-order valence-corrected chi connectivity index (χ1v) is 7.63. The monoisotopic (exact) mass is 309 g/mol. The summed E-state index contributed by atoms with van der Waals surface area (Å²) in [6.07, 6.45) is 6.13. The predicted molar refractivity (Wildman–Crippen MR) is 78.1 cm³/mol. The molecule has 1 unspecified atom stereocenters. The molecule has 1 aliphatic carbocycles. The van der Waals surface area contributed by atoms with Crippen LogP contribution < -0.4 is 5.32 Å². The second kappa shape index (κ2) is 4.86. The van der Waals surface area contributed by atoms with E-state index in [2.05, 4.69) is 46.4 Å². The summed E-state index contributed by atoms with van der Waals surface area (Å²) in [6.45, 7) is 3.07. The minimum Gasteiger partial charge on any atom is -0.382 e. The Morgan fingerprint density at radius 1 is 1.39 bits per heavy atom. The highest BCUT2D eigenvalue weighted by Crippen LogP contribution is 2.43. The third kappa shape index (κ3) is 2.30. The summed E-state index contributed by atoms with van der Waals surface area (Å²) in [5.41, 5.74) is 2.77. The molecule has 1 atom stereocenters. The summed E-state index contributed by atoms with van der Waals surface area (Å²) < 4.78 is 7.15. The predicted octanol–water partition coefficient (Wildman–Crippen LogP) is 4.27. The van der Waals surface area contributed by atoms with Crippen LogP contribution in [0.2, 0.25) is 0 Å². The molecule has 1 saturated carbocycles. The van der Waals surface area contributed by atoms with E-state index < -0.39 is 0 Å². The Kier molecular flexibility index (Phi) is 3.37. The Morgan fingerprint density at radius 3 is 2.94 bits per heavy atom. The van der Waals surface area contributed by atoms with Crippen LogP contribution in [0.1, 0.15) is 37.7 Å². The van der Waals surface area contributed by atoms with Crippen LogP contribution in [0.5, 0.6) is 0 Å². The van der Waals surface area contributed by atoms with Crippen LogP contribution in [0.15, 0.2) is 22.7 Å². The third-order valence-electron chi connectivity index (χ3n) is 4.39. The molecule has 0 bridgehead atoms. The summed E-state index contributed by atoms with van der Waals surface area (Å²) in [6, 6.07) is 6.92. The van der Waals surface area contributed by atoms with E-state index in [4.69, 9.17) is 4.74 Å². The van der Waals surface area contributed by atoms with Crippen molar-refractivity contribution in [2.45, 2.75) is 50.7 Å². The summed E-state index contributed by atoms with van der Waals surface area (Å²) in [5.74, 6) is 0. The number of halogens is 1. The highest BCUT2D eigenvalue weighted by atomic mass is 79.9. The average molecular weight is 310 g/mol. The van der Waals surface area contributed by atoms with Crippen LogP contribution in [0, 0.1) is 6.92 Å². The van der Waals surface area contributed by atoms with Crippen molar-refractivity contribution in [1.82, 2.24) is 0 Å². The number of nitrogens with one attached hydrogen (secondary N) is 1. The molecule has 1 saturated heterocycles. The Hall–Kier alpha value is -0.540. The van der Waals surface area contributed by atoms with E-state index in [1.807, 2.05) is 0 Å². The maximum absolute atomic E-state index is 5.97. The second-order valence-corrected chi connectivity index (χ2v) is 6.49. The maximum Gasteiger partial charge on any atom is 0.0702 e. The first-order chi connectivity index (χ1) is 8.69. The van der Waals surface area contributed by atoms with Crippen molar-refractivity contribution in [3.8, 4) is 0 Å². The van der Waals surface area contributed by atoms with Gasteiger partial charge in [-0.2, -0.15) is 0 Å². The van der Waals surface area contributed by atoms with Gasteiger partial charge >= 0.3 is 0 Å². The SMILES string of the molecule is Cc1c(Br)cccc1NC1CCOC2(CCC2)C1. The van der Waals surface area contributed by atoms with E-state index in [0.717, 1.165) is 13.0 Å². The summed E-state index contributed by atoms with van der Waals surface area (Å²) >= 11 is 3.59. The Balaban J connectivity index is 1.70. The largest absolute Gasteiger partial charge is 0.382 e. The van der Waals surface area contributed by atoms with Gasteiger partial charge in [-0.25, -0.2) is 0 Å². The van der Waals surface area contributed by atoms with Crippen molar-refractivity contribution in [1.29, 1.82) is 0 Å². The number of anilines is 1. The third-order valence-corrected chi connectivity index (χ3v) is 5.24. The van der Waals surface area contributed by atoms with Crippen LogP contribution in [-0.2, 0) is 4.74 Å². The molecule has 2 aliphatic rings. The van der Waals surface area contributed by atoms with E-state index in [9.17, 15) is 0 Å². The lowest BCUT2D eigenvalue weighted by molar-refractivity contribution is -0.130. The van der Waals surface area contributed by atoms with Crippen LogP contribution in [-0.4, -0.2) is 18.2 Å². The molecule has 1 spiro atoms. The zero-order valence-corrected chi connectivity index (χ0v) is 12.4. The topological polar surface area (TPSA) is 21.3 Å². The molecule has 1 aliphatic heterocycles. The first kappa shape index (κ1) is 12.5. The summed E-state index contributed by atoms with van der Waals surface area (Å²) in [7, 11) is 0. The van der Waals surface area contributed by atoms with Crippen LogP contribution in [0.4, 0.5) is 5.69 Å². The van der Waals surface area contributed by atoms with Crippen molar-refractivity contribution in [2.75, 3.05) is 11.9 Å². The molecule has 1 aromatic rings. The number of ether oxygens (including phenoxy) is 1. The Morgan fingerprint density at radius 2 is 2.22 bits per heavy atom. The number of benzene rings is 1. The zero-order chi connectivity index (χ0) is 12.6. The standard InChI is InChI=1S/C15H20BrNO/c1-11-13(16)4-2-5-14(11)17-12-6-9-18-15(10-12)7-3-8-15/h2,4-5,12,17H,3,6-10H2,1H3. The Labute approximate surface area is 117 Å². The number of hydrogen-bond acceptors (Lipinski definition) is 2.